The Labute approximate surface area is 113 Å². The first-order valence-corrected chi connectivity index (χ1v) is 6.44. The lowest BCUT2D eigenvalue weighted by Crippen LogP contribution is -1.80. The standard InChI is InChI=1S/C16H9N3O/c1-2-4-15-9(3-1)11-7-10-12-8-17-19-14(12)6-5-13(10)18-16(11)20-15/h1-8H,(H,17,19). The quantitative estimate of drug-likeness (QED) is 0.457. The normalized spacial score (nSPS) is 12.0. The van der Waals surface area contributed by atoms with E-state index in [1.807, 2.05) is 36.5 Å². The fourth-order valence-corrected chi connectivity index (χ4v) is 2.81. The van der Waals surface area contributed by atoms with Crippen LogP contribution in [0.15, 0.2) is 53.1 Å². The largest absolute Gasteiger partial charge is 0.438 e. The van der Waals surface area contributed by atoms with E-state index in [2.05, 4.69) is 27.3 Å². The predicted molar refractivity (Wildman–Crippen MR) is 78.7 cm³/mol. The molecule has 0 radical (unpaired) electrons. The molecule has 1 N–H and O–H groups in total. The highest BCUT2D eigenvalue weighted by atomic mass is 16.3. The zero-order valence-corrected chi connectivity index (χ0v) is 10.4. The van der Waals surface area contributed by atoms with Gasteiger partial charge < -0.3 is 4.42 Å². The van der Waals surface area contributed by atoms with Crippen molar-refractivity contribution in [3.63, 3.8) is 0 Å². The number of nitrogens with zero attached hydrogens (tertiary/aromatic N) is 2. The minimum Gasteiger partial charge on any atom is -0.438 e. The van der Waals surface area contributed by atoms with Crippen molar-refractivity contribution in [1.82, 2.24) is 15.2 Å². The SMILES string of the molecule is c1ccc2c(c1)oc1nc3ccc4[nH]ncc4c3cc12. The summed E-state index contributed by atoms with van der Waals surface area (Å²) in [5.41, 5.74) is 3.49. The van der Waals surface area contributed by atoms with Gasteiger partial charge in [0, 0.05) is 21.5 Å². The minimum atomic E-state index is 0.682. The van der Waals surface area contributed by atoms with Gasteiger partial charge >= 0.3 is 0 Å². The third kappa shape index (κ3) is 1.15. The monoisotopic (exact) mass is 259 g/mol. The number of hydrogen-bond acceptors (Lipinski definition) is 3. The van der Waals surface area contributed by atoms with Gasteiger partial charge in [-0.25, -0.2) is 4.98 Å². The van der Waals surface area contributed by atoms with Gasteiger partial charge in [0.2, 0.25) is 5.71 Å². The van der Waals surface area contributed by atoms with E-state index in [1.54, 1.807) is 0 Å². The maximum atomic E-state index is 5.82. The molecule has 20 heavy (non-hydrogen) atoms. The van der Waals surface area contributed by atoms with Gasteiger partial charge in [-0.15, -0.1) is 0 Å². The number of H-pyrrole nitrogens is 1. The second-order valence-corrected chi connectivity index (χ2v) is 4.90. The van der Waals surface area contributed by atoms with Crippen LogP contribution in [0.1, 0.15) is 0 Å². The number of aromatic amines is 1. The average Bonchev–Trinajstić information content (AvgIpc) is 3.09. The summed E-state index contributed by atoms with van der Waals surface area (Å²) in [6, 6.07) is 14.1. The summed E-state index contributed by atoms with van der Waals surface area (Å²) < 4.78 is 5.82. The number of furan rings is 1. The average molecular weight is 259 g/mol. The van der Waals surface area contributed by atoms with E-state index in [9.17, 15) is 0 Å². The van der Waals surface area contributed by atoms with Gasteiger partial charge in [0.15, 0.2) is 0 Å². The fourth-order valence-electron chi connectivity index (χ4n) is 2.81. The number of rotatable bonds is 0. The highest BCUT2D eigenvalue weighted by molar-refractivity contribution is 6.13. The molecule has 0 aliphatic rings. The van der Waals surface area contributed by atoms with Gasteiger partial charge in [0.05, 0.1) is 17.2 Å². The van der Waals surface area contributed by atoms with Crippen LogP contribution in [0.3, 0.4) is 0 Å². The number of para-hydroxylation sites is 1. The lowest BCUT2D eigenvalue weighted by Gasteiger charge is -1.98. The molecule has 2 aromatic carbocycles. The van der Waals surface area contributed by atoms with Crippen molar-refractivity contribution in [3.05, 3.63) is 48.7 Å². The van der Waals surface area contributed by atoms with E-state index in [1.165, 1.54) is 0 Å². The number of aromatic nitrogens is 3. The lowest BCUT2D eigenvalue weighted by atomic mass is 10.1. The van der Waals surface area contributed by atoms with Crippen LogP contribution in [0.25, 0.3) is 43.9 Å². The number of nitrogens with one attached hydrogen (secondary N) is 1. The molecular weight excluding hydrogens is 250 g/mol. The van der Waals surface area contributed by atoms with Gasteiger partial charge in [-0.2, -0.15) is 5.10 Å². The number of benzene rings is 2. The first-order chi connectivity index (χ1) is 9.90. The van der Waals surface area contributed by atoms with Gasteiger partial charge in [-0.05, 0) is 24.3 Å². The predicted octanol–water partition coefficient (Wildman–Crippen LogP) is 4.01. The minimum absolute atomic E-state index is 0.682. The number of pyridine rings is 1. The second-order valence-electron chi connectivity index (χ2n) is 4.90. The van der Waals surface area contributed by atoms with E-state index >= 15 is 0 Å². The first-order valence-electron chi connectivity index (χ1n) is 6.44. The molecule has 0 fully saturated rings. The third-order valence-corrected chi connectivity index (χ3v) is 3.77. The van der Waals surface area contributed by atoms with Crippen LogP contribution in [-0.4, -0.2) is 15.2 Å². The molecule has 0 saturated heterocycles. The first kappa shape index (κ1) is 9.97. The summed E-state index contributed by atoms with van der Waals surface area (Å²) in [5.74, 6) is 0. The summed E-state index contributed by atoms with van der Waals surface area (Å²) >= 11 is 0. The molecule has 5 aromatic rings. The Morgan fingerprint density at radius 3 is 2.85 bits per heavy atom. The van der Waals surface area contributed by atoms with E-state index in [0.717, 1.165) is 38.2 Å². The molecule has 0 spiro atoms. The van der Waals surface area contributed by atoms with Crippen molar-refractivity contribution in [1.29, 1.82) is 0 Å². The molecule has 94 valence electrons. The van der Waals surface area contributed by atoms with Gasteiger partial charge in [-0.1, -0.05) is 18.2 Å². The molecule has 3 aromatic heterocycles. The molecule has 0 aliphatic carbocycles. The van der Waals surface area contributed by atoms with Crippen LogP contribution in [-0.2, 0) is 0 Å². The molecular formula is C16H9N3O. The Morgan fingerprint density at radius 1 is 0.900 bits per heavy atom. The Bertz CT molecular complexity index is 1100. The molecule has 0 amide bonds. The smallest absolute Gasteiger partial charge is 0.227 e. The highest BCUT2D eigenvalue weighted by Gasteiger charge is 2.11. The number of hydrogen-bond donors (Lipinski definition) is 1. The zero-order chi connectivity index (χ0) is 13.1. The van der Waals surface area contributed by atoms with E-state index in [0.29, 0.717) is 5.71 Å². The molecule has 0 saturated carbocycles. The maximum Gasteiger partial charge on any atom is 0.227 e. The van der Waals surface area contributed by atoms with Crippen LogP contribution in [0.5, 0.6) is 0 Å². The van der Waals surface area contributed by atoms with Crippen molar-refractivity contribution in [2.75, 3.05) is 0 Å². The van der Waals surface area contributed by atoms with Crippen molar-refractivity contribution in [3.8, 4) is 0 Å². The summed E-state index contributed by atoms with van der Waals surface area (Å²) in [7, 11) is 0. The van der Waals surface area contributed by atoms with Crippen LogP contribution in [0.2, 0.25) is 0 Å². The molecule has 5 rings (SSSR count). The Hall–Kier alpha value is -2.88. The highest BCUT2D eigenvalue weighted by Crippen LogP contribution is 2.32. The molecule has 0 bridgehead atoms. The molecule has 0 atom stereocenters. The molecule has 0 aliphatic heterocycles. The summed E-state index contributed by atoms with van der Waals surface area (Å²) in [5, 5.41) is 11.4. The summed E-state index contributed by atoms with van der Waals surface area (Å²) in [6.07, 6.45) is 1.84. The van der Waals surface area contributed by atoms with Crippen LogP contribution in [0, 0.1) is 0 Å². The molecule has 4 nitrogen and oxygen atoms in total. The van der Waals surface area contributed by atoms with Gasteiger partial charge in [-0.3, -0.25) is 5.10 Å². The van der Waals surface area contributed by atoms with E-state index < -0.39 is 0 Å². The second kappa shape index (κ2) is 3.36. The van der Waals surface area contributed by atoms with Crippen molar-refractivity contribution in [2.45, 2.75) is 0 Å². The van der Waals surface area contributed by atoms with E-state index in [4.69, 9.17) is 4.42 Å². The molecule has 0 unspecified atom stereocenters. The fraction of sp³-hybridized carbons (Fsp3) is 0. The van der Waals surface area contributed by atoms with Crippen LogP contribution < -0.4 is 0 Å². The zero-order valence-electron chi connectivity index (χ0n) is 10.4. The van der Waals surface area contributed by atoms with Crippen molar-refractivity contribution < 1.29 is 4.42 Å². The van der Waals surface area contributed by atoms with Crippen molar-refractivity contribution in [2.24, 2.45) is 0 Å². The lowest BCUT2D eigenvalue weighted by molar-refractivity contribution is 0.656. The maximum absolute atomic E-state index is 5.82. The molecule has 4 heteroatoms. The summed E-state index contributed by atoms with van der Waals surface area (Å²) in [6.45, 7) is 0. The Kier molecular flexibility index (Phi) is 1.68. The topological polar surface area (TPSA) is 54.7 Å². The Balaban J connectivity index is 2.08. The van der Waals surface area contributed by atoms with Crippen LogP contribution >= 0.6 is 0 Å². The van der Waals surface area contributed by atoms with Crippen molar-refractivity contribution >= 4 is 43.9 Å². The Morgan fingerprint density at radius 2 is 1.85 bits per heavy atom. The number of fused-ring (bicyclic) bond motifs is 6. The summed E-state index contributed by atoms with van der Waals surface area (Å²) in [4.78, 5) is 4.64. The van der Waals surface area contributed by atoms with Crippen LogP contribution in [0.4, 0.5) is 0 Å². The molecule has 3 heterocycles. The third-order valence-electron chi connectivity index (χ3n) is 3.77. The van der Waals surface area contributed by atoms with E-state index in [-0.39, 0.29) is 0 Å². The van der Waals surface area contributed by atoms with Gasteiger partial charge in [0.1, 0.15) is 5.58 Å². The van der Waals surface area contributed by atoms with Gasteiger partial charge in [0.25, 0.3) is 0 Å².